The van der Waals surface area contributed by atoms with Crippen LogP contribution >= 0.6 is 11.8 Å². The van der Waals surface area contributed by atoms with Crippen LogP contribution in [-0.4, -0.2) is 26.3 Å². The predicted molar refractivity (Wildman–Crippen MR) is 63.8 cm³/mol. The van der Waals surface area contributed by atoms with Gasteiger partial charge in [-0.2, -0.15) is 0 Å². The summed E-state index contributed by atoms with van der Waals surface area (Å²) in [6.45, 7) is 4.39. The van der Waals surface area contributed by atoms with Crippen LogP contribution in [0.25, 0.3) is 0 Å². The Kier molecular flexibility index (Phi) is 5.31. The molecule has 0 bridgehead atoms. The standard InChI is InChI=1S/C10H17N3O2S/c1-3-8(14)6-5-7-16-10-12-11-9(15)13(10)4-2/h3-7H2,1-2H3,(H,11,15). The number of aromatic amines is 1. The highest BCUT2D eigenvalue weighted by Crippen LogP contribution is 2.15. The van der Waals surface area contributed by atoms with Gasteiger partial charge in [-0.25, -0.2) is 9.89 Å². The third-order valence-corrected chi connectivity index (χ3v) is 3.33. The second-order valence-corrected chi connectivity index (χ2v) is 4.46. The fourth-order valence-electron chi connectivity index (χ4n) is 1.30. The minimum Gasteiger partial charge on any atom is -0.300 e. The monoisotopic (exact) mass is 243 g/mol. The maximum absolute atomic E-state index is 11.2. The normalized spacial score (nSPS) is 10.6. The zero-order chi connectivity index (χ0) is 12.0. The van der Waals surface area contributed by atoms with Crippen LogP contribution in [0.1, 0.15) is 33.1 Å². The molecule has 0 saturated heterocycles. The van der Waals surface area contributed by atoms with Crippen molar-refractivity contribution < 1.29 is 4.79 Å². The third-order valence-electron chi connectivity index (χ3n) is 2.26. The first kappa shape index (κ1) is 13.0. The maximum Gasteiger partial charge on any atom is 0.343 e. The van der Waals surface area contributed by atoms with Gasteiger partial charge in [0.25, 0.3) is 0 Å². The van der Waals surface area contributed by atoms with Crippen LogP contribution in [0.15, 0.2) is 9.95 Å². The van der Waals surface area contributed by atoms with Crippen molar-refractivity contribution >= 4 is 17.5 Å². The molecule has 1 heterocycles. The molecule has 1 aromatic rings. The van der Waals surface area contributed by atoms with E-state index in [0.29, 0.717) is 24.5 Å². The minimum absolute atomic E-state index is 0.172. The van der Waals surface area contributed by atoms with Crippen molar-refractivity contribution in [2.24, 2.45) is 0 Å². The molecule has 6 heteroatoms. The molecule has 0 atom stereocenters. The van der Waals surface area contributed by atoms with E-state index >= 15 is 0 Å². The van der Waals surface area contributed by atoms with E-state index in [1.165, 1.54) is 11.8 Å². The van der Waals surface area contributed by atoms with Gasteiger partial charge in [0, 0.05) is 25.1 Å². The van der Waals surface area contributed by atoms with Crippen molar-refractivity contribution in [3.63, 3.8) is 0 Å². The van der Waals surface area contributed by atoms with E-state index in [2.05, 4.69) is 10.2 Å². The summed E-state index contributed by atoms with van der Waals surface area (Å²) in [7, 11) is 0. The van der Waals surface area contributed by atoms with E-state index in [9.17, 15) is 9.59 Å². The molecule has 0 aliphatic carbocycles. The van der Waals surface area contributed by atoms with Gasteiger partial charge in [-0.3, -0.25) is 9.36 Å². The van der Waals surface area contributed by atoms with Crippen molar-refractivity contribution in [1.29, 1.82) is 0 Å². The molecule has 0 amide bonds. The molecule has 1 aromatic heterocycles. The first-order chi connectivity index (χ1) is 7.69. The number of nitrogens with one attached hydrogen (secondary N) is 1. The molecule has 5 nitrogen and oxygen atoms in total. The number of thioether (sulfide) groups is 1. The second kappa shape index (κ2) is 6.52. The van der Waals surface area contributed by atoms with Gasteiger partial charge in [0.05, 0.1) is 0 Å². The summed E-state index contributed by atoms with van der Waals surface area (Å²) in [4.78, 5) is 22.3. The number of rotatable bonds is 7. The van der Waals surface area contributed by atoms with Gasteiger partial charge in [-0.1, -0.05) is 18.7 Å². The lowest BCUT2D eigenvalue weighted by Gasteiger charge is -2.01. The molecule has 0 aliphatic heterocycles. The van der Waals surface area contributed by atoms with Crippen molar-refractivity contribution in [3.8, 4) is 0 Å². The summed E-state index contributed by atoms with van der Waals surface area (Å²) in [5.74, 6) is 1.10. The van der Waals surface area contributed by atoms with Crippen LogP contribution < -0.4 is 5.69 Å². The molecule has 0 aromatic carbocycles. The van der Waals surface area contributed by atoms with E-state index in [1.807, 2.05) is 13.8 Å². The fourth-order valence-corrected chi connectivity index (χ4v) is 2.25. The SMILES string of the molecule is CCC(=O)CCCSc1n[nH]c(=O)n1CC. The number of aromatic nitrogens is 3. The Labute approximate surface area is 98.6 Å². The van der Waals surface area contributed by atoms with E-state index < -0.39 is 0 Å². The second-order valence-electron chi connectivity index (χ2n) is 3.40. The van der Waals surface area contributed by atoms with Gasteiger partial charge in [-0.05, 0) is 13.3 Å². The lowest BCUT2D eigenvalue weighted by Crippen LogP contribution is -2.16. The Bertz CT molecular complexity index is 397. The zero-order valence-electron chi connectivity index (χ0n) is 9.65. The number of Topliss-reactive ketones (excluding diaryl/α,β-unsaturated/α-hetero) is 1. The molecular weight excluding hydrogens is 226 g/mol. The van der Waals surface area contributed by atoms with Crippen LogP contribution in [0.3, 0.4) is 0 Å². The number of nitrogens with zero attached hydrogens (tertiary/aromatic N) is 2. The number of hydrogen-bond donors (Lipinski definition) is 1. The molecule has 0 aliphatic rings. The van der Waals surface area contributed by atoms with Crippen molar-refractivity contribution in [2.45, 2.75) is 44.8 Å². The summed E-state index contributed by atoms with van der Waals surface area (Å²) >= 11 is 1.51. The Hall–Kier alpha value is -1.04. The van der Waals surface area contributed by atoms with Crippen molar-refractivity contribution in [3.05, 3.63) is 10.5 Å². The molecule has 0 unspecified atom stereocenters. The van der Waals surface area contributed by atoms with Crippen LogP contribution in [-0.2, 0) is 11.3 Å². The van der Waals surface area contributed by atoms with Crippen LogP contribution in [0.4, 0.5) is 0 Å². The maximum atomic E-state index is 11.2. The summed E-state index contributed by atoms with van der Waals surface area (Å²) in [5, 5.41) is 7.05. The predicted octanol–water partition coefficient (Wildman–Crippen LogP) is 1.44. The van der Waals surface area contributed by atoms with Gasteiger partial charge in [0.2, 0.25) is 0 Å². The number of carbonyl (C=O) groups is 1. The van der Waals surface area contributed by atoms with Gasteiger partial charge in [0.1, 0.15) is 5.78 Å². The quantitative estimate of drug-likeness (QED) is 0.581. The fraction of sp³-hybridized carbons (Fsp3) is 0.700. The summed E-state index contributed by atoms with van der Waals surface area (Å²) in [6, 6.07) is 0. The highest BCUT2D eigenvalue weighted by Gasteiger charge is 2.06. The number of ketones is 1. The third kappa shape index (κ3) is 3.52. The Morgan fingerprint density at radius 3 is 2.88 bits per heavy atom. The van der Waals surface area contributed by atoms with Crippen LogP contribution in [0.5, 0.6) is 0 Å². The molecular formula is C10H17N3O2S. The van der Waals surface area contributed by atoms with Gasteiger partial charge >= 0.3 is 5.69 Å². The summed E-state index contributed by atoms with van der Waals surface area (Å²) in [5.41, 5.74) is -0.172. The Morgan fingerprint density at radius 2 is 2.25 bits per heavy atom. The van der Waals surface area contributed by atoms with E-state index in [4.69, 9.17) is 0 Å². The highest BCUT2D eigenvalue weighted by atomic mass is 32.2. The molecule has 1 N–H and O–H groups in total. The lowest BCUT2D eigenvalue weighted by molar-refractivity contribution is -0.118. The Morgan fingerprint density at radius 1 is 1.50 bits per heavy atom. The molecule has 0 fully saturated rings. The molecule has 0 radical (unpaired) electrons. The molecule has 16 heavy (non-hydrogen) atoms. The Balaban J connectivity index is 2.37. The van der Waals surface area contributed by atoms with Gasteiger partial charge in [-0.15, -0.1) is 5.10 Å². The van der Waals surface area contributed by atoms with Crippen LogP contribution in [0.2, 0.25) is 0 Å². The average Bonchev–Trinajstić information content (AvgIpc) is 2.65. The van der Waals surface area contributed by atoms with Crippen molar-refractivity contribution in [2.75, 3.05) is 5.75 Å². The van der Waals surface area contributed by atoms with E-state index in [-0.39, 0.29) is 11.5 Å². The summed E-state index contributed by atoms with van der Waals surface area (Å²) < 4.78 is 1.59. The lowest BCUT2D eigenvalue weighted by atomic mass is 10.2. The number of carbonyl (C=O) groups excluding carboxylic acids is 1. The highest BCUT2D eigenvalue weighted by molar-refractivity contribution is 7.99. The first-order valence-electron chi connectivity index (χ1n) is 5.48. The average molecular weight is 243 g/mol. The topological polar surface area (TPSA) is 67.8 Å². The van der Waals surface area contributed by atoms with Gasteiger partial charge in [0.15, 0.2) is 5.16 Å². The van der Waals surface area contributed by atoms with E-state index in [1.54, 1.807) is 4.57 Å². The zero-order valence-corrected chi connectivity index (χ0v) is 10.5. The first-order valence-corrected chi connectivity index (χ1v) is 6.47. The molecule has 1 rings (SSSR count). The molecule has 90 valence electrons. The van der Waals surface area contributed by atoms with Crippen molar-refractivity contribution in [1.82, 2.24) is 14.8 Å². The smallest absolute Gasteiger partial charge is 0.300 e. The summed E-state index contributed by atoms with van der Waals surface area (Å²) in [6.07, 6.45) is 2.05. The number of hydrogen-bond acceptors (Lipinski definition) is 4. The number of H-pyrrole nitrogens is 1. The van der Waals surface area contributed by atoms with Gasteiger partial charge < -0.3 is 0 Å². The largest absolute Gasteiger partial charge is 0.343 e. The van der Waals surface area contributed by atoms with Crippen LogP contribution in [0, 0.1) is 0 Å². The molecule has 0 spiro atoms. The minimum atomic E-state index is -0.172. The van der Waals surface area contributed by atoms with E-state index in [0.717, 1.165) is 12.2 Å². The molecule has 0 saturated carbocycles.